The van der Waals surface area contributed by atoms with Crippen LogP contribution in [0, 0.1) is 0 Å². The Kier molecular flexibility index (Phi) is 6.90. The molecule has 10 heteroatoms. The summed E-state index contributed by atoms with van der Waals surface area (Å²) in [5, 5.41) is 8.97. The number of carbonyl (C=O) groups excluding carboxylic acids is 4. The lowest BCUT2D eigenvalue weighted by molar-refractivity contribution is -0.146. The van der Waals surface area contributed by atoms with E-state index in [4.69, 9.17) is 16.3 Å². The van der Waals surface area contributed by atoms with Crippen molar-refractivity contribution in [2.24, 2.45) is 0 Å². The van der Waals surface area contributed by atoms with Crippen LogP contribution in [0.3, 0.4) is 0 Å². The van der Waals surface area contributed by atoms with Gasteiger partial charge in [-0.1, -0.05) is 41.9 Å². The molecule has 0 spiro atoms. The highest BCUT2D eigenvalue weighted by Gasteiger charge is 2.25. The number of rotatable bonds is 8. The van der Waals surface area contributed by atoms with Crippen LogP contribution in [-0.4, -0.2) is 42.9 Å². The van der Waals surface area contributed by atoms with E-state index in [0.717, 1.165) is 22.9 Å². The lowest BCUT2D eigenvalue weighted by atomic mass is 10.1. The van der Waals surface area contributed by atoms with E-state index in [1.807, 2.05) is 24.3 Å². The highest BCUT2D eigenvalue weighted by Crippen LogP contribution is 2.34. The SMILES string of the molecule is O=C(COC(=O)CNC(=O)c1sc2ccccc2c1Cl)Nc1ccccc1C(=O)NC1CC1. The number of esters is 1. The van der Waals surface area contributed by atoms with Crippen LogP contribution < -0.4 is 16.0 Å². The maximum atomic E-state index is 12.4. The van der Waals surface area contributed by atoms with Gasteiger partial charge < -0.3 is 20.7 Å². The number of carbonyl (C=O) groups is 4. The maximum absolute atomic E-state index is 12.4. The standard InChI is InChI=1S/C23H20ClN3O5S/c24-20-15-6-2-4-8-17(15)33-21(20)23(31)25-11-19(29)32-12-18(28)27-16-7-3-1-5-14(16)22(30)26-13-9-10-13/h1-8,13H,9-12H2,(H,25,31)(H,26,30)(H,27,28). The van der Waals surface area contributed by atoms with Gasteiger partial charge >= 0.3 is 5.97 Å². The second-order valence-corrected chi connectivity index (χ2v) is 8.86. The van der Waals surface area contributed by atoms with E-state index in [1.54, 1.807) is 24.3 Å². The van der Waals surface area contributed by atoms with Crippen LogP contribution in [0.25, 0.3) is 10.1 Å². The normalized spacial score (nSPS) is 12.8. The largest absolute Gasteiger partial charge is 0.454 e. The number of hydrogen-bond donors (Lipinski definition) is 3. The Balaban J connectivity index is 1.26. The van der Waals surface area contributed by atoms with E-state index in [2.05, 4.69) is 16.0 Å². The van der Waals surface area contributed by atoms with Crippen molar-refractivity contribution in [1.29, 1.82) is 0 Å². The Hall–Kier alpha value is -3.43. The molecule has 170 valence electrons. The Morgan fingerprint density at radius 1 is 1.00 bits per heavy atom. The van der Waals surface area contributed by atoms with E-state index in [-0.39, 0.29) is 11.9 Å². The summed E-state index contributed by atoms with van der Waals surface area (Å²) in [6.45, 7) is -0.978. The van der Waals surface area contributed by atoms with Crippen molar-refractivity contribution in [3.63, 3.8) is 0 Å². The van der Waals surface area contributed by atoms with E-state index < -0.39 is 30.9 Å². The quantitative estimate of drug-likeness (QED) is 0.423. The first kappa shape index (κ1) is 22.8. The van der Waals surface area contributed by atoms with Crippen LogP contribution in [0.4, 0.5) is 5.69 Å². The molecule has 3 amide bonds. The highest BCUT2D eigenvalue weighted by atomic mass is 35.5. The molecule has 1 heterocycles. The van der Waals surface area contributed by atoms with Gasteiger partial charge in [0.15, 0.2) is 6.61 Å². The average Bonchev–Trinajstić information content (AvgIpc) is 3.57. The fourth-order valence-corrected chi connectivity index (χ4v) is 4.49. The molecular weight excluding hydrogens is 466 g/mol. The van der Waals surface area contributed by atoms with Crippen molar-refractivity contribution in [3.8, 4) is 0 Å². The smallest absolute Gasteiger partial charge is 0.325 e. The topological polar surface area (TPSA) is 114 Å². The number of para-hydroxylation sites is 1. The van der Waals surface area contributed by atoms with Gasteiger partial charge in [0.25, 0.3) is 17.7 Å². The van der Waals surface area contributed by atoms with Crippen molar-refractivity contribution in [2.45, 2.75) is 18.9 Å². The third-order valence-corrected chi connectivity index (χ3v) is 6.53. The molecule has 0 aliphatic heterocycles. The monoisotopic (exact) mass is 485 g/mol. The zero-order valence-corrected chi connectivity index (χ0v) is 18.9. The first-order valence-corrected chi connectivity index (χ1v) is 11.4. The van der Waals surface area contributed by atoms with E-state index >= 15 is 0 Å². The Morgan fingerprint density at radius 3 is 2.48 bits per heavy atom. The summed E-state index contributed by atoms with van der Waals surface area (Å²) in [6.07, 6.45) is 1.89. The van der Waals surface area contributed by atoms with Crippen LogP contribution in [0.2, 0.25) is 5.02 Å². The lowest BCUT2D eigenvalue weighted by Crippen LogP contribution is -2.32. The minimum atomic E-state index is -0.782. The number of halogens is 1. The number of amides is 3. The van der Waals surface area contributed by atoms with Crippen molar-refractivity contribution in [3.05, 3.63) is 64.0 Å². The molecule has 1 aliphatic rings. The van der Waals surface area contributed by atoms with Gasteiger partial charge in [-0.25, -0.2) is 0 Å². The molecule has 1 fully saturated rings. The predicted molar refractivity (Wildman–Crippen MR) is 126 cm³/mol. The molecule has 1 aromatic heterocycles. The predicted octanol–water partition coefficient (Wildman–Crippen LogP) is 3.36. The third-order valence-electron chi connectivity index (χ3n) is 4.86. The summed E-state index contributed by atoms with van der Waals surface area (Å²) in [6, 6.07) is 14.1. The molecule has 4 rings (SSSR count). The van der Waals surface area contributed by atoms with Gasteiger partial charge in [-0.3, -0.25) is 19.2 Å². The molecule has 1 aliphatic carbocycles. The molecule has 0 bridgehead atoms. The number of hydrogen-bond acceptors (Lipinski definition) is 6. The van der Waals surface area contributed by atoms with Gasteiger partial charge in [-0.2, -0.15) is 0 Å². The summed E-state index contributed by atoms with van der Waals surface area (Å²) in [5.74, 6) is -2.16. The Morgan fingerprint density at radius 2 is 1.73 bits per heavy atom. The fraction of sp³-hybridized carbons (Fsp3) is 0.217. The molecule has 3 N–H and O–H groups in total. The summed E-state index contributed by atoms with van der Waals surface area (Å²) in [5.41, 5.74) is 0.654. The Bertz CT molecular complexity index is 1240. The van der Waals surface area contributed by atoms with Crippen molar-refractivity contribution in [2.75, 3.05) is 18.5 Å². The van der Waals surface area contributed by atoms with E-state index in [9.17, 15) is 19.2 Å². The number of anilines is 1. The van der Waals surface area contributed by atoms with E-state index in [1.165, 1.54) is 11.3 Å². The molecule has 8 nitrogen and oxygen atoms in total. The maximum Gasteiger partial charge on any atom is 0.325 e. The molecule has 33 heavy (non-hydrogen) atoms. The van der Waals surface area contributed by atoms with Crippen LogP contribution in [0.1, 0.15) is 32.9 Å². The summed E-state index contributed by atoms with van der Waals surface area (Å²) < 4.78 is 5.79. The van der Waals surface area contributed by atoms with Crippen molar-refractivity contribution < 1.29 is 23.9 Å². The number of benzene rings is 2. The number of ether oxygens (including phenoxy) is 1. The van der Waals surface area contributed by atoms with Gasteiger partial charge in [-0.05, 0) is 31.0 Å². The molecule has 2 aromatic carbocycles. The van der Waals surface area contributed by atoms with Crippen molar-refractivity contribution in [1.82, 2.24) is 10.6 Å². The molecule has 1 saturated carbocycles. The highest BCUT2D eigenvalue weighted by molar-refractivity contribution is 7.21. The zero-order valence-electron chi connectivity index (χ0n) is 17.4. The van der Waals surface area contributed by atoms with Crippen LogP contribution in [-0.2, 0) is 14.3 Å². The number of fused-ring (bicyclic) bond motifs is 1. The molecule has 0 radical (unpaired) electrons. The fourth-order valence-electron chi connectivity index (χ4n) is 3.06. The van der Waals surface area contributed by atoms with Gasteiger partial charge in [0, 0.05) is 16.1 Å². The minimum Gasteiger partial charge on any atom is -0.454 e. The molecule has 3 aromatic rings. The van der Waals surface area contributed by atoms with Crippen LogP contribution in [0.5, 0.6) is 0 Å². The third kappa shape index (κ3) is 5.68. The molecular formula is C23H20ClN3O5S. The summed E-state index contributed by atoms with van der Waals surface area (Å²) >= 11 is 7.49. The van der Waals surface area contributed by atoms with Gasteiger partial charge in [0.05, 0.1) is 16.3 Å². The average molecular weight is 486 g/mol. The molecule has 0 unspecified atom stereocenters. The second kappa shape index (κ2) is 10.0. The summed E-state index contributed by atoms with van der Waals surface area (Å²) in [7, 11) is 0. The molecule has 0 atom stereocenters. The first-order valence-electron chi connectivity index (χ1n) is 10.2. The van der Waals surface area contributed by atoms with Gasteiger partial charge in [0.2, 0.25) is 0 Å². The minimum absolute atomic E-state index is 0.180. The second-order valence-electron chi connectivity index (χ2n) is 7.43. The van der Waals surface area contributed by atoms with Crippen molar-refractivity contribution >= 4 is 62.4 Å². The van der Waals surface area contributed by atoms with Gasteiger partial charge in [0.1, 0.15) is 11.4 Å². The van der Waals surface area contributed by atoms with Crippen LogP contribution in [0.15, 0.2) is 48.5 Å². The first-order chi connectivity index (χ1) is 15.9. The number of thiophene rings is 1. The molecule has 0 saturated heterocycles. The van der Waals surface area contributed by atoms with Gasteiger partial charge in [-0.15, -0.1) is 11.3 Å². The number of nitrogens with one attached hydrogen (secondary N) is 3. The van der Waals surface area contributed by atoms with Crippen LogP contribution >= 0.6 is 22.9 Å². The Labute approximate surface area is 198 Å². The summed E-state index contributed by atoms with van der Waals surface area (Å²) in [4.78, 5) is 49.2. The zero-order chi connectivity index (χ0) is 23.4. The van der Waals surface area contributed by atoms with E-state index in [0.29, 0.717) is 21.2 Å². The lowest BCUT2D eigenvalue weighted by Gasteiger charge is -2.11.